The highest BCUT2D eigenvalue weighted by molar-refractivity contribution is 5.59. The lowest BCUT2D eigenvalue weighted by Crippen LogP contribution is -2.08. The van der Waals surface area contributed by atoms with E-state index in [2.05, 4.69) is 31.0 Å². The fourth-order valence-electron chi connectivity index (χ4n) is 3.04. The van der Waals surface area contributed by atoms with Gasteiger partial charge in [-0.2, -0.15) is 0 Å². The Morgan fingerprint density at radius 3 is 2.07 bits per heavy atom. The van der Waals surface area contributed by atoms with Crippen LogP contribution in [0.3, 0.4) is 0 Å². The molecule has 29 heavy (non-hydrogen) atoms. The smallest absolute Gasteiger partial charge is 0.233 e. The second kappa shape index (κ2) is 14.0. The second-order valence-electron chi connectivity index (χ2n) is 7.93. The molecule has 1 aromatic carbocycles. The van der Waals surface area contributed by atoms with E-state index < -0.39 is 0 Å². The fourth-order valence-corrected chi connectivity index (χ4v) is 3.04. The molecule has 0 aliphatic carbocycles. The predicted octanol–water partition coefficient (Wildman–Crippen LogP) is 7.09. The van der Waals surface area contributed by atoms with Crippen molar-refractivity contribution < 1.29 is 9.47 Å². The van der Waals surface area contributed by atoms with E-state index in [1.807, 2.05) is 36.4 Å². The molecule has 1 atom stereocenters. The summed E-state index contributed by atoms with van der Waals surface area (Å²) in [6.45, 7) is 8.05. The molecular formula is C25H38N2O2. The maximum Gasteiger partial charge on any atom is 0.233 e. The molecule has 160 valence electrons. The third-order valence-corrected chi connectivity index (χ3v) is 5.27. The van der Waals surface area contributed by atoms with Crippen LogP contribution in [-0.4, -0.2) is 23.4 Å². The Kier molecular flexibility index (Phi) is 11.2. The zero-order valence-electron chi connectivity index (χ0n) is 18.5. The zero-order valence-corrected chi connectivity index (χ0v) is 18.5. The van der Waals surface area contributed by atoms with Crippen molar-refractivity contribution in [2.75, 3.05) is 13.2 Å². The lowest BCUT2D eigenvalue weighted by molar-refractivity contribution is 0.245. The molecule has 4 heteroatoms. The van der Waals surface area contributed by atoms with Crippen molar-refractivity contribution in [1.29, 1.82) is 0 Å². The zero-order chi connectivity index (χ0) is 20.7. The summed E-state index contributed by atoms with van der Waals surface area (Å²) in [6.07, 6.45) is 11.6. The van der Waals surface area contributed by atoms with Crippen LogP contribution < -0.4 is 9.47 Å². The summed E-state index contributed by atoms with van der Waals surface area (Å²) in [7, 11) is 0. The van der Waals surface area contributed by atoms with Gasteiger partial charge in [0.1, 0.15) is 5.75 Å². The van der Waals surface area contributed by atoms with Gasteiger partial charge in [-0.15, -0.1) is 10.2 Å². The van der Waals surface area contributed by atoms with Crippen molar-refractivity contribution in [3.63, 3.8) is 0 Å². The van der Waals surface area contributed by atoms with E-state index in [0.717, 1.165) is 36.5 Å². The normalized spacial score (nSPS) is 12.0. The lowest BCUT2D eigenvalue weighted by atomic mass is 10.1. The van der Waals surface area contributed by atoms with Crippen LogP contribution in [0.15, 0.2) is 36.4 Å². The van der Waals surface area contributed by atoms with Gasteiger partial charge < -0.3 is 9.47 Å². The number of hydrogen-bond donors (Lipinski definition) is 0. The predicted molar refractivity (Wildman–Crippen MR) is 121 cm³/mol. The van der Waals surface area contributed by atoms with E-state index in [9.17, 15) is 0 Å². The molecule has 1 unspecified atom stereocenters. The Morgan fingerprint density at radius 1 is 0.759 bits per heavy atom. The number of aromatic nitrogens is 2. The van der Waals surface area contributed by atoms with Crippen LogP contribution >= 0.6 is 0 Å². The van der Waals surface area contributed by atoms with Crippen LogP contribution in [0.25, 0.3) is 11.3 Å². The van der Waals surface area contributed by atoms with Gasteiger partial charge in [-0.3, -0.25) is 0 Å². The van der Waals surface area contributed by atoms with Gasteiger partial charge in [0.05, 0.1) is 18.9 Å². The largest absolute Gasteiger partial charge is 0.494 e. The van der Waals surface area contributed by atoms with Gasteiger partial charge in [-0.1, -0.05) is 72.1 Å². The second-order valence-corrected chi connectivity index (χ2v) is 7.93. The van der Waals surface area contributed by atoms with Crippen LogP contribution in [0, 0.1) is 5.92 Å². The van der Waals surface area contributed by atoms with Gasteiger partial charge in [0.15, 0.2) is 0 Å². The Labute approximate surface area is 177 Å². The van der Waals surface area contributed by atoms with Crippen molar-refractivity contribution in [3.8, 4) is 22.9 Å². The van der Waals surface area contributed by atoms with Crippen LogP contribution in [0.2, 0.25) is 0 Å². The van der Waals surface area contributed by atoms with Crippen molar-refractivity contribution in [2.45, 2.75) is 78.6 Å². The molecule has 2 aromatic rings. The Balaban J connectivity index is 1.67. The van der Waals surface area contributed by atoms with Crippen LogP contribution in [0.5, 0.6) is 11.6 Å². The van der Waals surface area contributed by atoms with Crippen LogP contribution in [0.4, 0.5) is 0 Å². The molecule has 0 bridgehead atoms. The third kappa shape index (κ3) is 9.29. The van der Waals surface area contributed by atoms with Crippen molar-refractivity contribution in [3.05, 3.63) is 36.4 Å². The fraction of sp³-hybridized carbons (Fsp3) is 0.600. The number of rotatable bonds is 15. The van der Waals surface area contributed by atoms with E-state index >= 15 is 0 Å². The van der Waals surface area contributed by atoms with Gasteiger partial charge in [0.25, 0.3) is 0 Å². The summed E-state index contributed by atoms with van der Waals surface area (Å²) < 4.78 is 11.5. The Morgan fingerprint density at radius 2 is 1.45 bits per heavy atom. The van der Waals surface area contributed by atoms with Crippen molar-refractivity contribution in [1.82, 2.24) is 10.2 Å². The molecule has 0 fully saturated rings. The van der Waals surface area contributed by atoms with Crippen LogP contribution in [0.1, 0.15) is 78.6 Å². The standard InChI is InChI=1S/C25H38N2O2/c1-4-6-7-8-9-10-11-12-19-28-23-15-13-22(14-16-23)24-17-18-25(27-26-24)29-20-21(3)5-2/h13-18,21H,4-12,19-20H2,1-3H3. The van der Waals surface area contributed by atoms with Gasteiger partial charge in [0.2, 0.25) is 5.88 Å². The number of ether oxygens (including phenoxy) is 2. The summed E-state index contributed by atoms with van der Waals surface area (Å²) in [5.41, 5.74) is 1.88. The maximum atomic E-state index is 5.87. The summed E-state index contributed by atoms with van der Waals surface area (Å²) in [4.78, 5) is 0. The first kappa shape index (κ1) is 23.2. The lowest BCUT2D eigenvalue weighted by Gasteiger charge is -2.10. The average molecular weight is 399 g/mol. The van der Waals surface area contributed by atoms with Crippen molar-refractivity contribution >= 4 is 0 Å². The Bertz CT molecular complexity index is 656. The molecule has 0 saturated carbocycles. The maximum absolute atomic E-state index is 5.87. The van der Waals surface area contributed by atoms with Gasteiger partial charge in [0, 0.05) is 11.6 Å². The van der Waals surface area contributed by atoms with E-state index in [1.54, 1.807) is 0 Å². The highest BCUT2D eigenvalue weighted by atomic mass is 16.5. The minimum Gasteiger partial charge on any atom is -0.494 e. The highest BCUT2D eigenvalue weighted by Crippen LogP contribution is 2.22. The van der Waals surface area contributed by atoms with Gasteiger partial charge >= 0.3 is 0 Å². The van der Waals surface area contributed by atoms with E-state index in [-0.39, 0.29) is 0 Å². The minimum absolute atomic E-state index is 0.523. The molecule has 1 aromatic heterocycles. The van der Waals surface area contributed by atoms with Gasteiger partial charge in [-0.25, -0.2) is 0 Å². The van der Waals surface area contributed by atoms with Crippen molar-refractivity contribution in [2.24, 2.45) is 5.92 Å². The molecule has 0 aliphatic heterocycles. The third-order valence-electron chi connectivity index (χ3n) is 5.27. The first-order valence-corrected chi connectivity index (χ1v) is 11.4. The summed E-state index contributed by atoms with van der Waals surface area (Å²) in [5, 5.41) is 8.47. The van der Waals surface area contributed by atoms with E-state index in [4.69, 9.17) is 9.47 Å². The molecular weight excluding hydrogens is 360 g/mol. The minimum atomic E-state index is 0.523. The molecule has 0 aliphatic rings. The summed E-state index contributed by atoms with van der Waals surface area (Å²) >= 11 is 0. The molecule has 0 radical (unpaired) electrons. The van der Waals surface area contributed by atoms with Gasteiger partial charge in [-0.05, 0) is 42.7 Å². The molecule has 1 heterocycles. The molecule has 0 saturated heterocycles. The first-order valence-electron chi connectivity index (χ1n) is 11.4. The Hall–Kier alpha value is -2.10. The molecule has 0 amide bonds. The van der Waals surface area contributed by atoms with E-state index in [1.165, 1.54) is 44.9 Å². The molecule has 0 spiro atoms. The first-order chi connectivity index (χ1) is 14.2. The molecule has 4 nitrogen and oxygen atoms in total. The topological polar surface area (TPSA) is 44.2 Å². The quantitative estimate of drug-likeness (QED) is 0.300. The summed E-state index contributed by atoms with van der Waals surface area (Å²) in [5.74, 6) is 2.02. The highest BCUT2D eigenvalue weighted by Gasteiger charge is 2.05. The molecule has 2 rings (SSSR count). The number of benzene rings is 1. The average Bonchev–Trinajstić information content (AvgIpc) is 2.77. The SMILES string of the molecule is CCCCCCCCCCOc1ccc(-c2ccc(OCC(C)CC)nn2)cc1. The molecule has 0 N–H and O–H groups in total. The number of unbranched alkanes of at least 4 members (excludes halogenated alkanes) is 7. The number of hydrogen-bond acceptors (Lipinski definition) is 4. The summed E-state index contributed by atoms with van der Waals surface area (Å²) in [6, 6.07) is 11.9. The monoisotopic (exact) mass is 398 g/mol. The van der Waals surface area contributed by atoms with Crippen LogP contribution in [-0.2, 0) is 0 Å². The number of nitrogens with zero attached hydrogens (tertiary/aromatic N) is 2. The van der Waals surface area contributed by atoms with E-state index in [0.29, 0.717) is 18.4 Å².